The maximum Gasteiger partial charge on any atom is 0.410 e. The van der Waals surface area contributed by atoms with Crippen LogP contribution in [0.3, 0.4) is 0 Å². The SMILES string of the molecule is C=C/C(=C\C)CCN(CCCN(C[C@H]1C[C@@H](n2cc(C3CC3)c3c(N)ncnc32)[C@@H]2OC(C)(C)O[C@H]12)C(=O)OC(C)(C)C)C(=O)OC(C)(C)C. The molecule has 2 amide bonds. The molecule has 12 nitrogen and oxygen atoms in total. The molecule has 0 radical (unpaired) electrons. The van der Waals surface area contributed by atoms with E-state index in [1.165, 1.54) is 11.9 Å². The Hall–Kier alpha value is -3.64. The van der Waals surface area contributed by atoms with Crippen molar-refractivity contribution in [2.75, 3.05) is 31.9 Å². The van der Waals surface area contributed by atoms with Gasteiger partial charge in [-0.1, -0.05) is 24.3 Å². The summed E-state index contributed by atoms with van der Waals surface area (Å²) in [6, 6.07) is -0.0788. The van der Waals surface area contributed by atoms with Crippen LogP contribution in [0.15, 0.2) is 36.8 Å². The van der Waals surface area contributed by atoms with Crippen molar-refractivity contribution in [1.82, 2.24) is 24.3 Å². The molecule has 3 aliphatic rings. The predicted molar refractivity (Wildman–Crippen MR) is 194 cm³/mol. The van der Waals surface area contributed by atoms with Crippen molar-refractivity contribution in [3.8, 4) is 0 Å². The fraction of sp³-hybridized carbons (Fsp3) is 0.684. The third-order valence-electron chi connectivity index (χ3n) is 9.51. The fourth-order valence-corrected chi connectivity index (χ4v) is 7.17. The van der Waals surface area contributed by atoms with Crippen molar-refractivity contribution in [1.29, 1.82) is 0 Å². The number of hydrogen-bond acceptors (Lipinski definition) is 9. The van der Waals surface area contributed by atoms with Gasteiger partial charge in [0.1, 0.15) is 35.1 Å². The summed E-state index contributed by atoms with van der Waals surface area (Å²) < 4.78 is 27.0. The monoisotopic (exact) mass is 694 g/mol. The number of carbonyl (C=O) groups excluding carboxylic acids is 2. The van der Waals surface area contributed by atoms with Crippen LogP contribution in [0.4, 0.5) is 15.4 Å². The minimum atomic E-state index is -0.787. The van der Waals surface area contributed by atoms with Crippen LogP contribution in [0.1, 0.15) is 112 Å². The van der Waals surface area contributed by atoms with Crippen molar-refractivity contribution in [2.24, 2.45) is 5.92 Å². The summed E-state index contributed by atoms with van der Waals surface area (Å²) in [5.41, 5.74) is 8.15. The third kappa shape index (κ3) is 8.98. The van der Waals surface area contributed by atoms with E-state index in [9.17, 15) is 9.59 Å². The molecule has 0 aromatic carbocycles. The molecule has 0 unspecified atom stereocenters. The molecule has 3 fully saturated rings. The van der Waals surface area contributed by atoms with Gasteiger partial charge in [-0.15, -0.1) is 0 Å². The fourth-order valence-electron chi connectivity index (χ4n) is 7.17. The van der Waals surface area contributed by atoms with E-state index < -0.39 is 23.1 Å². The molecule has 2 saturated carbocycles. The van der Waals surface area contributed by atoms with Crippen LogP contribution in [-0.2, 0) is 18.9 Å². The number of hydrogen-bond donors (Lipinski definition) is 1. The highest BCUT2D eigenvalue weighted by Crippen LogP contribution is 2.50. The lowest BCUT2D eigenvalue weighted by Gasteiger charge is -2.32. The summed E-state index contributed by atoms with van der Waals surface area (Å²) in [7, 11) is 0. The predicted octanol–water partition coefficient (Wildman–Crippen LogP) is 7.36. The van der Waals surface area contributed by atoms with Gasteiger partial charge >= 0.3 is 12.2 Å². The second kappa shape index (κ2) is 14.5. The number of nitrogen functional groups attached to an aromatic ring is 1. The summed E-state index contributed by atoms with van der Waals surface area (Å²) in [6.45, 7) is 22.6. The standard InChI is InChI=1S/C38H58N6O6/c1-11-24(12-2)16-19-42(34(45)49-36(3,4)5)17-13-18-43(35(46)50-37(6,7)8)21-26-20-28(31-30(26)47-38(9,10)48-31)44-22-27(25-14-15-25)29-32(39)40-23-41-33(29)44/h11-12,22-23,25-26,28,30-31H,1,13-21H2,2-10H3,(H2,39,40,41)/b24-12+/t26-,28-,30-,31+/m1/s1. The maximum atomic E-state index is 13.8. The number of ether oxygens (including phenoxy) is 4. The largest absolute Gasteiger partial charge is 0.444 e. The van der Waals surface area contributed by atoms with Crippen LogP contribution in [0.2, 0.25) is 0 Å². The minimum Gasteiger partial charge on any atom is -0.444 e. The number of aromatic nitrogens is 3. The van der Waals surface area contributed by atoms with Crippen molar-refractivity contribution in [2.45, 2.75) is 136 Å². The molecule has 2 aromatic heterocycles. The number of nitrogens with zero attached hydrogens (tertiary/aromatic N) is 5. The first-order valence-corrected chi connectivity index (χ1v) is 18.1. The lowest BCUT2D eigenvalue weighted by Crippen LogP contribution is -2.44. The Kier molecular flexibility index (Phi) is 10.9. The lowest BCUT2D eigenvalue weighted by atomic mass is 10.0. The van der Waals surface area contributed by atoms with Gasteiger partial charge in [0.25, 0.3) is 0 Å². The first kappa shape index (κ1) is 37.6. The van der Waals surface area contributed by atoms with E-state index in [1.807, 2.05) is 68.4 Å². The molecule has 0 spiro atoms. The number of rotatable bonds is 12. The number of anilines is 1. The Balaban J connectivity index is 1.37. The Labute approximate surface area is 297 Å². The average Bonchev–Trinajstić information content (AvgIpc) is 3.60. The highest BCUT2D eigenvalue weighted by atomic mass is 16.8. The summed E-state index contributed by atoms with van der Waals surface area (Å²) in [6.07, 6.45) is 10.4. The summed E-state index contributed by atoms with van der Waals surface area (Å²) >= 11 is 0. The zero-order chi connectivity index (χ0) is 36.6. The van der Waals surface area contributed by atoms with E-state index in [-0.39, 0.29) is 30.3 Å². The maximum absolute atomic E-state index is 13.8. The zero-order valence-corrected chi connectivity index (χ0v) is 31.5. The number of nitrogens with two attached hydrogens (primary N) is 1. The minimum absolute atomic E-state index is 0.0490. The molecule has 2 N–H and O–H groups in total. The van der Waals surface area contributed by atoms with E-state index in [0.717, 1.165) is 29.4 Å². The van der Waals surface area contributed by atoms with Gasteiger partial charge in [0.05, 0.1) is 17.5 Å². The van der Waals surface area contributed by atoms with Gasteiger partial charge in [-0.05, 0) is 106 Å². The Morgan fingerprint density at radius 1 is 1.02 bits per heavy atom. The molecule has 3 heterocycles. The van der Waals surface area contributed by atoms with E-state index in [4.69, 9.17) is 29.7 Å². The second-order valence-corrected chi connectivity index (χ2v) is 16.4. The average molecular weight is 695 g/mol. The highest BCUT2D eigenvalue weighted by Gasteiger charge is 2.55. The number of amides is 2. The first-order valence-electron chi connectivity index (χ1n) is 18.1. The quantitative estimate of drug-likeness (QED) is 0.226. The Bertz CT molecular complexity index is 1580. The topological polar surface area (TPSA) is 134 Å². The Morgan fingerprint density at radius 2 is 1.64 bits per heavy atom. The molecule has 1 aliphatic heterocycles. The van der Waals surface area contributed by atoms with Gasteiger partial charge in [-0.2, -0.15) is 0 Å². The van der Waals surface area contributed by atoms with Crippen LogP contribution in [-0.4, -0.2) is 91.9 Å². The van der Waals surface area contributed by atoms with Crippen molar-refractivity contribution < 1.29 is 28.5 Å². The van der Waals surface area contributed by atoms with Gasteiger partial charge in [-0.3, -0.25) is 0 Å². The number of fused-ring (bicyclic) bond motifs is 2. The highest BCUT2D eigenvalue weighted by molar-refractivity contribution is 5.90. The molecule has 0 bridgehead atoms. The van der Waals surface area contributed by atoms with E-state index >= 15 is 0 Å². The van der Waals surface area contributed by atoms with Crippen LogP contribution in [0, 0.1) is 5.92 Å². The summed E-state index contributed by atoms with van der Waals surface area (Å²) in [5.74, 6) is 0.118. The molecule has 5 rings (SSSR count). The number of carbonyl (C=O) groups is 2. The molecule has 4 atom stereocenters. The molecule has 12 heteroatoms. The molecular formula is C38H58N6O6. The van der Waals surface area contributed by atoms with E-state index in [2.05, 4.69) is 22.3 Å². The molecule has 276 valence electrons. The summed E-state index contributed by atoms with van der Waals surface area (Å²) in [4.78, 5) is 39.5. The van der Waals surface area contributed by atoms with Gasteiger partial charge in [0, 0.05) is 38.3 Å². The van der Waals surface area contributed by atoms with Crippen LogP contribution in [0.5, 0.6) is 0 Å². The number of allylic oxidation sites excluding steroid dienone is 2. The van der Waals surface area contributed by atoms with E-state index in [0.29, 0.717) is 57.2 Å². The molecule has 1 saturated heterocycles. The second-order valence-electron chi connectivity index (χ2n) is 16.4. The molecule has 2 aliphatic carbocycles. The zero-order valence-electron chi connectivity index (χ0n) is 31.5. The normalized spacial score (nSPS) is 23.5. The Morgan fingerprint density at radius 3 is 2.24 bits per heavy atom. The van der Waals surface area contributed by atoms with Crippen molar-refractivity contribution in [3.63, 3.8) is 0 Å². The van der Waals surface area contributed by atoms with Crippen LogP contribution in [0.25, 0.3) is 11.0 Å². The summed E-state index contributed by atoms with van der Waals surface area (Å²) in [5, 5.41) is 0.924. The van der Waals surface area contributed by atoms with Gasteiger partial charge in [0.2, 0.25) is 0 Å². The van der Waals surface area contributed by atoms with Crippen LogP contribution >= 0.6 is 0 Å². The van der Waals surface area contributed by atoms with Crippen molar-refractivity contribution >= 4 is 29.0 Å². The van der Waals surface area contributed by atoms with Gasteiger partial charge in [-0.25, -0.2) is 19.6 Å². The van der Waals surface area contributed by atoms with Crippen molar-refractivity contribution in [3.05, 3.63) is 42.4 Å². The third-order valence-corrected chi connectivity index (χ3v) is 9.51. The molecule has 50 heavy (non-hydrogen) atoms. The lowest BCUT2D eigenvalue weighted by molar-refractivity contribution is -0.160. The smallest absolute Gasteiger partial charge is 0.410 e. The molecule has 2 aromatic rings. The molecular weight excluding hydrogens is 636 g/mol. The first-order chi connectivity index (χ1) is 23.4. The van der Waals surface area contributed by atoms with Gasteiger partial charge in [0.15, 0.2) is 5.79 Å². The van der Waals surface area contributed by atoms with E-state index in [1.54, 1.807) is 15.9 Å². The van der Waals surface area contributed by atoms with Gasteiger partial charge < -0.3 is 39.0 Å². The van der Waals surface area contributed by atoms with Crippen LogP contribution < -0.4 is 5.73 Å².